The highest BCUT2D eigenvalue weighted by molar-refractivity contribution is 5.47. The van der Waals surface area contributed by atoms with Crippen LogP contribution >= 0.6 is 0 Å². The minimum Gasteiger partial charge on any atom is -0.373 e. The SMILES string of the molecule is CNc1cc(NCCc2ncn(C)n2)nc(C(C)(C)C)n1. The van der Waals surface area contributed by atoms with Crippen molar-refractivity contribution >= 4 is 11.6 Å². The first-order chi connectivity index (χ1) is 9.88. The molecule has 0 unspecified atom stereocenters. The molecule has 2 N–H and O–H groups in total. The van der Waals surface area contributed by atoms with Gasteiger partial charge in [-0.1, -0.05) is 20.8 Å². The molecule has 114 valence electrons. The Morgan fingerprint density at radius 3 is 2.48 bits per heavy atom. The number of hydrogen-bond acceptors (Lipinski definition) is 6. The fraction of sp³-hybridized carbons (Fsp3) is 0.571. The molecule has 2 aromatic heterocycles. The standard InChI is InChI=1S/C14H23N7/c1-14(2,3)13-18-11(15-4)8-12(19-13)16-7-6-10-17-9-21(5)20-10/h8-9H,6-7H2,1-5H3,(H2,15,16,18,19). The van der Waals surface area contributed by atoms with Gasteiger partial charge in [-0.3, -0.25) is 4.68 Å². The van der Waals surface area contributed by atoms with Crippen LogP contribution in [0.4, 0.5) is 11.6 Å². The second-order valence-electron chi connectivity index (χ2n) is 5.97. The molecule has 0 saturated heterocycles. The lowest BCUT2D eigenvalue weighted by Gasteiger charge is -2.18. The normalized spacial score (nSPS) is 11.5. The number of nitrogens with zero attached hydrogens (tertiary/aromatic N) is 5. The number of anilines is 2. The topological polar surface area (TPSA) is 80.5 Å². The van der Waals surface area contributed by atoms with E-state index < -0.39 is 0 Å². The summed E-state index contributed by atoms with van der Waals surface area (Å²) in [6, 6.07) is 1.90. The van der Waals surface area contributed by atoms with Crippen molar-refractivity contribution in [3.05, 3.63) is 24.0 Å². The van der Waals surface area contributed by atoms with E-state index in [2.05, 4.69) is 51.5 Å². The quantitative estimate of drug-likeness (QED) is 0.870. The largest absolute Gasteiger partial charge is 0.373 e. The highest BCUT2D eigenvalue weighted by Gasteiger charge is 2.18. The van der Waals surface area contributed by atoms with Crippen LogP contribution in [-0.2, 0) is 18.9 Å². The third kappa shape index (κ3) is 4.14. The summed E-state index contributed by atoms with van der Waals surface area (Å²) in [6.45, 7) is 7.03. The van der Waals surface area contributed by atoms with Crippen LogP contribution in [0.3, 0.4) is 0 Å². The minimum atomic E-state index is -0.0914. The maximum absolute atomic E-state index is 4.58. The first-order valence-corrected chi connectivity index (χ1v) is 7.04. The van der Waals surface area contributed by atoms with Crippen molar-refractivity contribution in [2.75, 3.05) is 24.2 Å². The molecule has 0 saturated carbocycles. The van der Waals surface area contributed by atoms with Crippen molar-refractivity contribution in [3.63, 3.8) is 0 Å². The molecule has 21 heavy (non-hydrogen) atoms. The van der Waals surface area contributed by atoms with Crippen LogP contribution in [0.2, 0.25) is 0 Å². The van der Waals surface area contributed by atoms with Crippen molar-refractivity contribution in [2.24, 2.45) is 7.05 Å². The highest BCUT2D eigenvalue weighted by Crippen LogP contribution is 2.22. The third-order valence-electron chi connectivity index (χ3n) is 2.95. The van der Waals surface area contributed by atoms with E-state index in [1.807, 2.05) is 20.2 Å². The molecular weight excluding hydrogens is 266 g/mol. The summed E-state index contributed by atoms with van der Waals surface area (Å²) < 4.78 is 1.71. The first kappa shape index (κ1) is 15.2. The summed E-state index contributed by atoms with van der Waals surface area (Å²) in [5, 5.41) is 10.6. The van der Waals surface area contributed by atoms with Gasteiger partial charge in [-0.05, 0) is 0 Å². The fourth-order valence-electron chi connectivity index (χ4n) is 1.80. The molecule has 2 aromatic rings. The second-order valence-corrected chi connectivity index (χ2v) is 5.97. The van der Waals surface area contributed by atoms with Crippen LogP contribution in [0.1, 0.15) is 32.4 Å². The lowest BCUT2D eigenvalue weighted by atomic mass is 9.96. The lowest BCUT2D eigenvalue weighted by molar-refractivity contribution is 0.546. The molecule has 2 heterocycles. The monoisotopic (exact) mass is 289 g/mol. The van der Waals surface area contributed by atoms with Gasteiger partial charge in [0, 0.05) is 38.5 Å². The summed E-state index contributed by atoms with van der Waals surface area (Å²) in [6.07, 6.45) is 2.46. The predicted octanol–water partition coefficient (Wildman–Crippen LogP) is 1.60. The molecule has 7 heteroatoms. The molecule has 0 bridgehead atoms. The molecule has 0 aliphatic carbocycles. The molecule has 7 nitrogen and oxygen atoms in total. The molecule has 0 aromatic carbocycles. The second kappa shape index (κ2) is 6.07. The minimum absolute atomic E-state index is 0.0914. The number of aryl methyl sites for hydroxylation is 1. The van der Waals surface area contributed by atoms with E-state index in [-0.39, 0.29) is 5.41 Å². The third-order valence-corrected chi connectivity index (χ3v) is 2.95. The van der Waals surface area contributed by atoms with Gasteiger partial charge in [-0.25, -0.2) is 15.0 Å². The van der Waals surface area contributed by atoms with Crippen LogP contribution in [0, 0.1) is 0 Å². The summed E-state index contributed by atoms with van der Waals surface area (Å²) in [7, 11) is 3.72. The van der Waals surface area contributed by atoms with Gasteiger partial charge in [-0.15, -0.1) is 0 Å². The van der Waals surface area contributed by atoms with Crippen molar-refractivity contribution in [3.8, 4) is 0 Å². The Balaban J connectivity index is 2.05. The molecular formula is C14H23N7. The van der Waals surface area contributed by atoms with E-state index in [1.165, 1.54) is 0 Å². The Hall–Kier alpha value is -2.18. The predicted molar refractivity (Wildman–Crippen MR) is 83.5 cm³/mol. The Kier molecular flexibility index (Phi) is 4.40. The average Bonchev–Trinajstić information content (AvgIpc) is 2.83. The molecule has 2 rings (SSSR count). The summed E-state index contributed by atoms with van der Waals surface area (Å²) in [5.74, 6) is 3.26. The maximum atomic E-state index is 4.58. The van der Waals surface area contributed by atoms with E-state index in [4.69, 9.17) is 0 Å². The number of aromatic nitrogens is 5. The Labute approximate surface area is 125 Å². The fourth-order valence-corrected chi connectivity index (χ4v) is 1.80. The van der Waals surface area contributed by atoms with Gasteiger partial charge in [0.25, 0.3) is 0 Å². The molecule has 0 aliphatic rings. The molecule has 0 aliphatic heterocycles. The van der Waals surface area contributed by atoms with Crippen molar-refractivity contribution in [1.29, 1.82) is 0 Å². The van der Waals surface area contributed by atoms with Gasteiger partial charge in [0.1, 0.15) is 23.8 Å². The van der Waals surface area contributed by atoms with E-state index >= 15 is 0 Å². The van der Waals surface area contributed by atoms with E-state index in [1.54, 1.807) is 11.0 Å². The van der Waals surface area contributed by atoms with E-state index in [0.717, 1.165) is 36.3 Å². The zero-order valence-electron chi connectivity index (χ0n) is 13.3. The van der Waals surface area contributed by atoms with Gasteiger partial charge in [0.2, 0.25) is 0 Å². The number of hydrogen-bond donors (Lipinski definition) is 2. The molecule has 0 atom stereocenters. The zero-order valence-corrected chi connectivity index (χ0v) is 13.3. The highest BCUT2D eigenvalue weighted by atomic mass is 15.3. The van der Waals surface area contributed by atoms with Crippen LogP contribution in [0.25, 0.3) is 0 Å². The van der Waals surface area contributed by atoms with Crippen LogP contribution in [0.15, 0.2) is 12.4 Å². The smallest absolute Gasteiger partial charge is 0.152 e. The van der Waals surface area contributed by atoms with Crippen molar-refractivity contribution in [1.82, 2.24) is 24.7 Å². The molecule has 0 spiro atoms. The summed E-state index contributed by atoms with van der Waals surface area (Å²) >= 11 is 0. The lowest BCUT2D eigenvalue weighted by Crippen LogP contribution is -2.18. The molecule has 0 fully saturated rings. The van der Waals surface area contributed by atoms with Crippen LogP contribution < -0.4 is 10.6 Å². The number of nitrogens with one attached hydrogen (secondary N) is 2. The maximum Gasteiger partial charge on any atom is 0.152 e. The summed E-state index contributed by atoms with van der Waals surface area (Å²) in [5.41, 5.74) is -0.0914. The van der Waals surface area contributed by atoms with Gasteiger partial charge in [0.15, 0.2) is 5.82 Å². The van der Waals surface area contributed by atoms with Crippen LogP contribution in [-0.4, -0.2) is 38.3 Å². The van der Waals surface area contributed by atoms with Gasteiger partial charge < -0.3 is 10.6 Å². The Bertz CT molecular complexity index is 598. The molecule has 0 radical (unpaired) electrons. The van der Waals surface area contributed by atoms with Crippen molar-refractivity contribution in [2.45, 2.75) is 32.6 Å². The molecule has 0 amide bonds. The van der Waals surface area contributed by atoms with Gasteiger partial charge >= 0.3 is 0 Å². The summed E-state index contributed by atoms with van der Waals surface area (Å²) in [4.78, 5) is 13.3. The van der Waals surface area contributed by atoms with E-state index in [0.29, 0.717) is 0 Å². The Morgan fingerprint density at radius 1 is 1.19 bits per heavy atom. The van der Waals surface area contributed by atoms with E-state index in [9.17, 15) is 0 Å². The zero-order chi connectivity index (χ0) is 15.5. The number of rotatable bonds is 5. The first-order valence-electron chi connectivity index (χ1n) is 7.04. The Morgan fingerprint density at radius 2 is 1.90 bits per heavy atom. The van der Waals surface area contributed by atoms with Gasteiger partial charge in [0.05, 0.1) is 0 Å². The average molecular weight is 289 g/mol. The van der Waals surface area contributed by atoms with Crippen molar-refractivity contribution < 1.29 is 0 Å². The van der Waals surface area contributed by atoms with Gasteiger partial charge in [-0.2, -0.15) is 5.10 Å². The van der Waals surface area contributed by atoms with Crippen LogP contribution in [0.5, 0.6) is 0 Å².